The van der Waals surface area contributed by atoms with Crippen molar-refractivity contribution < 1.29 is 14.4 Å². The molecule has 8 heteroatoms. The van der Waals surface area contributed by atoms with Gasteiger partial charge in [0.2, 0.25) is 0 Å². The van der Waals surface area contributed by atoms with Crippen molar-refractivity contribution in [2.75, 3.05) is 12.9 Å². The molecule has 144 valence electrons. The highest BCUT2D eigenvalue weighted by atomic mass is 32.2. The molecule has 4 rings (SSSR count). The van der Waals surface area contributed by atoms with Crippen LogP contribution in [-0.2, 0) is 17.9 Å². The third kappa shape index (κ3) is 3.88. The van der Waals surface area contributed by atoms with Crippen LogP contribution in [0.3, 0.4) is 0 Å². The summed E-state index contributed by atoms with van der Waals surface area (Å²) >= 11 is 1.72. The van der Waals surface area contributed by atoms with Gasteiger partial charge in [-0.05, 0) is 40.0 Å². The molecule has 2 aromatic carbocycles. The van der Waals surface area contributed by atoms with Crippen molar-refractivity contribution in [3.8, 4) is 17.1 Å². The second-order valence-corrected chi connectivity index (χ2v) is 7.30. The van der Waals surface area contributed by atoms with Crippen molar-refractivity contribution in [3.63, 3.8) is 0 Å². The number of nitro groups is 1. The number of aromatic nitrogens is 2. The summed E-state index contributed by atoms with van der Waals surface area (Å²) < 4.78 is 13.2. The number of benzene rings is 2. The highest BCUT2D eigenvalue weighted by Gasteiger charge is 2.28. The van der Waals surface area contributed by atoms with E-state index in [0.717, 1.165) is 16.7 Å². The molecule has 0 saturated heterocycles. The summed E-state index contributed by atoms with van der Waals surface area (Å²) in [5.74, 6) is -0.213. The molecule has 0 radical (unpaired) electrons. The topological polar surface area (TPSA) is 79.4 Å². The van der Waals surface area contributed by atoms with E-state index >= 15 is 0 Å². The van der Waals surface area contributed by atoms with Gasteiger partial charge in [0.15, 0.2) is 0 Å². The average Bonchev–Trinajstić information content (AvgIpc) is 3.16. The Balaban J connectivity index is 1.46. The number of imidazole rings is 1. The van der Waals surface area contributed by atoms with Crippen LogP contribution in [0.15, 0.2) is 59.6 Å². The van der Waals surface area contributed by atoms with E-state index in [-0.39, 0.29) is 17.9 Å². The molecule has 7 nitrogen and oxygen atoms in total. The first-order valence-corrected chi connectivity index (χ1v) is 10.0. The van der Waals surface area contributed by atoms with Gasteiger partial charge in [0.05, 0.1) is 13.2 Å². The zero-order valence-electron chi connectivity index (χ0n) is 15.3. The standard InChI is InChI=1S/C20H19N3O4S/c1-28-17-8-6-14(7-9-17)18-5-3-2-4-15(18)12-26-16-10-22-11-19(23(24)25)21-20(22)27-13-16/h2-9,11,16H,10,12-13H2,1H3/t16-/m0/s1. The summed E-state index contributed by atoms with van der Waals surface area (Å²) in [5, 5.41) is 10.9. The normalized spacial score (nSPS) is 15.7. The van der Waals surface area contributed by atoms with E-state index in [2.05, 4.69) is 47.6 Å². The van der Waals surface area contributed by atoms with Crippen LogP contribution < -0.4 is 4.74 Å². The van der Waals surface area contributed by atoms with Gasteiger partial charge in [-0.3, -0.25) is 4.57 Å². The second-order valence-electron chi connectivity index (χ2n) is 6.42. The predicted molar refractivity (Wildman–Crippen MR) is 107 cm³/mol. The fourth-order valence-electron chi connectivity index (χ4n) is 3.17. The maximum Gasteiger partial charge on any atom is 0.414 e. The average molecular weight is 397 g/mol. The van der Waals surface area contributed by atoms with Gasteiger partial charge in [-0.25, -0.2) is 0 Å². The minimum Gasteiger partial charge on any atom is -0.443 e. The van der Waals surface area contributed by atoms with Gasteiger partial charge in [0.25, 0.3) is 0 Å². The molecular weight excluding hydrogens is 378 g/mol. The molecular formula is C20H19N3O4S. The molecule has 2 heterocycles. The first kappa shape index (κ1) is 18.5. The van der Waals surface area contributed by atoms with Crippen molar-refractivity contribution in [2.45, 2.75) is 24.2 Å². The molecule has 0 unspecified atom stereocenters. The van der Waals surface area contributed by atoms with Crippen molar-refractivity contribution in [3.05, 3.63) is 70.4 Å². The molecule has 0 bridgehead atoms. The van der Waals surface area contributed by atoms with E-state index in [1.165, 1.54) is 11.1 Å². The molecule has 0 spiro atoms. The van der Waals surface area contributed by atoms with Crippen molar-refractivity contribution >= 4 is 17.6 Å². The van der Waals surface area contributed by atoms with Gasteiger partial charge in [0, 0.05) is 9.88 Å². The lowest BCUT2D eigenvalue weighted by Gasteiger charge is -2.23. The van der Waals surface area contributed by atoms with Gasteiger partial charge in [-0.15, -0.1) is 11.8 Å². The fourth-order valence-corrected chi connectivity index (χ4v) is 3.57. The Hall–Kier alpha value is -2.84. The van der Waals surface area contributed by atoms with Gasteiger partial charge in [-0.2, -0.15) is 0 Å². The Kier molecular flexibility index (Phi) is 5.31. The Morgan fingerprint density at radius 2 is 2.07 bits per heavy atom. The molecule has 0 fully saturated rings. The number of rotatable bonds is 6. The SMILES string of the molecule is CSc1ccc(-c2ccccc2CO[C@@H]2COc3nc([N+](=O)[O-])cn3C2)cc1. The van der Waals surface area contributed by atoms with E-state index in [4.69, 9.17) is 9.47 Å². The molecule has 1 atom stereocenters. The largest absolute Gasteiger partial charge is 0.443 e. The Morgan fingerprint density at radius 3 is 2.82 bits per heavy atom. The van der Waals surface area contributed by atoms with Crippen molar-refractivity contribution in [1.29, 1.82) is 0 Å². The number of thioether (sulfide) groups is 1. The van der Waals surface area contributed by atoms with Gasteiger partial charge in [0.1, 0.15) is 18.9 Å². The van der Waals surface area contributed by atoms with Crippen LogP contribution in [0.5, 0.6) is 6.01 Å². The molecule has 0 amide bonds. The minimum atomic E-state index is -0.525. The zero-order chi connectivity index (χ0) is 19.5. The van der Waals surface area contributed by atoms with E-state index in [1.807, 2.05) is 12.1 Å². The smallest absolute Gasteiger partial charge is 0.414 e. The number of hydrogen-bond donors (Lipinski definition) is 0. The van der Waals surface area contributed by atoms with Crippen molar-refractivity contribution in [2.24, 2.45) is 0 Å². The van der Waals surface area contributed by atoms with E-state index in [1.54, 1.807) is 16.3 Å². The van der Waals surface area contributed by atoms with Crippen LogP contribution in [0, 0.1) is 10.1 Å². The lowest BCUT2D eigenvalue weighted by Crippen LogP contribution is -2.32. The summed E-state index contributed by atoms with van der Waals surface area (Å²) in [5.41, 5.74) is 3.36. The van der Waals surface area contributed by atoms with Crippen LogP contribution in [0.4, 0.5) is 5.82 Å². The zero-order valence-corrected chi connectivity index (χ0v) is 16.1. The van der Waals surface area contributed by atoms with Gasteiger partial charge in [-0.1, -0.05) is 36.4 Å². The first-order chi connectivity index (χ1) is 13.6. The van der Waals surface area contributed by atoms with Crippen molar-refractivity contribution in [1.82, 2.24) is 9.55 Å². The van der Waals surface area contributed by atoms with Crippen LogP contribution in [0.1, 0.15) is 5.56 Å². The van der Waals surface area contributed by atoms with Gasteiger partial charge < -0.3 is 19.6 Å². The van der Waals surface area contributed by atoms with Crippen LogP contribution >= 0.6 is 11.8 Å². The number of hydrogen-bond acceptors (Lipinski definition) is 6. The Morgan fingerprint density at radius 1 is 1.29 bits per heavy atom. The molecule has 0 N–H and O–H groups in total. The lowest BCUT2D eigenvalue weighted by molar-refractivity contribution is -0.389. The molecule has 1 aliphatic rings. The maximum atomic E-state index is 10.9. The molecule has 1 aliphatic heterocycles. The predicted octanol–water partition coefficient (Wildman–Crippen LogP) is 4.16. The number of ether oxygens (including phenoxy) is 2. The molecule has 3 aromatic rings. The Labute approximate surface area is 166 Å². The molecule has 1 aromatic heterocycles. The van der Waals surface area contributed by atoms with Gasteiger partial charge >= 0.3 is 11.8 Å². The number of fused-ring (bicyclic) bond motifs is 1. The Bertz CT molecular complexity index is 987. The highest BCUT2D eigenvalue weighted by Crippen LogP contribution is 2.28. The van der Waals surface area contributed by atoms with E-state index in [9.17, 15) is 10.1 Å². The summed E-state index contributed by atoms with van der Waals surface area (Å²) in [7, 11) is 0. The molecule has 0 aliphatic carbocycles. The highest BCUT2D eigenvalue weighted by molar-refractivity contribution is 7.98. The monoisotopic (exact) mass is 397 g/mol. The number of nitrogens with zero attached hydrogens (tertiary/aromatic N) is 3. The maximum absolute atomic E-state index is 10.9. The summed E-state index contributed by atoms with van der Waals surface area (Å²) in [4.78, 5) is 15.4. The second kappa shape index (κ2) is 8.04. The quantitative estimate of drug-likeness (QED) is 0.353. The third-order valence-electron chi connectivity index (χ3n) is 4.61. The fraction of sp³-hybridized carbons (Fsp3) is 0.250. The third-order valence-corrected chi connectivity index (χ3v) is 5.35. The molecule has 0 saturated carbocycles. The summed E-state index contributed by atoms with van der Waals surface area (Å²) in [6.07, 6.45) is 3.24. The summed E-state index contributed by atoms with van der Waals surface area (Å²) in [6, 6.07) is 16.9. The van der Waals surface area contributed by atoms with Crippen LogP contribution in [0.2, 0.25) is 0 Å². The molecule has 28 heavy (non-hydrogen) atoms. The first-order valence-electron chi connectivity index (χ1n) is 8.82. The van der Waals surface area contributed by atoms with Crippen LogP contribution in [0.25, 0.3) is 11.1 Å². The minimum absolute atomic E-state index is 0.201. The lowest BCUT2D eigenvalue weighted by atomic mass is 10.0. The van der Waals surface area contributed by atoms with Crippen LogP contribution in [-0.4, -0.2) is 33.4 Å². The summed E-state index contributed by atoms with van der Waals surface area (Å²) in [6.45, 7) is 1.22. The van der Waals surface area contributed by atoms with E-state index in [0.29, 0.717) is 19.8 Å². The van der Waals surface area contributed by atoms with E-state index < -0.39 is 4.92 Å².